The molecule has 0 spiro atoms. The Morgan fingerprint density at radius 2 is 1.90 bits per heavy atom. The maximum atomic E-state index is 12.9. The molecule has 2 N–H and O–H groups in total. The minimum Gasteiger partial charge on any atom is -0.321 e. The number of thiazole rings is 1. The van der Waals surface area contributed by atoms with Gasteiger partial charge in [0.2, 0.25) is 0 Å². The number of hydrogen-bond acceptors (Lipinski definition) is 6. The second kappa shape index (κ2) is 8.37. The molecule has 9 heteroatoms. The molecule has 3 aromatic rings. The van der Waals surface area contributed by atoms with Crippen LogP contribution < -0.4 is 10.0 Å². The van der Waals surface area contributed by atoms with Gasteiger partial charge in [-0.1, -0.05) is 36.4 Å². The summed E-state index contributed by atoms with van der Waals surface area (Å²) < 4.78 is 27.8. The molecule has 30 heavy (non-hydrogen) atoms. The number of amides is 1. The van der Waals surface area contributed by atoms with Gasteiger partial charge in [0.15, 0.2) is 0 Å². The highest BCUT2D eigenvalue weighted by molar-refractivity contribution is 7.90. The zero-order valence-corrected chi connectivity index (χ0v) is 17.9. The number of benzene rings is 2. The van der Waals surface area contributed by atoms with E-state index in [1.54, 1.807) is 12.1 Å². The lowest BCUT2D eigenvalue weighted by Crippen LogP contribution is -2.29. The number of rotatable bonds is 5. The molecule has 0 saturated heterocycles. The third-order valence-corrected chi connectivity index (χ3v) is 6.86. The van der Waals surface area contributed by atoms with Crippen LogP contribution in [-0.2, 0) is 10.0 Å². The number of amidine groups is 1. The van der Waals surface area contributed by atoms with E-state index in [4.69, 9.17) is 0 Å². The first kappa shape index (κ1) is 20.2. The van der Waals surface area contributed by atoms with Crippen molar-refractivity contribution in [3.8, 4) is 11.3 Å². The third-order valence-electron chi connectivity index (χ3n) is 4.52. The molecule has 0 fully saturated rings. The predicted octanol–water partition coefficient (Wildman–Crippen LogP) is 3.84. The van der Waals surface area contributed by atoms with Gasteiger partial charge < -0.3 is 5.32 Å². The van der Waals surface area contributed by atoms with E-state index in [0.29, 0.717) is 35.1 Å². The number of carbonyl (C=O) groups excluding carboxylic acids is 1. The average molecular weight is 441 g/mol. The van der Waals surface area contributed by atoms with Gasteiger partial charge in [-0.25, -0.2) is 13.4 Å². The summed E-state index contributed by atoms with van der Waals surface area (Å²) in [4.78, 5) is 22.1. The number of hydrogen-bond donors (Lipinski definition) is 2. The molecule has 1 aliphatic rings. The molecule has 154 valence electrons. The topological polar surface area (TPSA) is 101 Å². The van der Waals surface area contributed by atoms with Crippen LogP contribution in [0.25, 0.3) is 11.3 Å². The van der Waals surface area contributed by atoms with E-state index in [0.717, 1.165) is 17.0 Å². The minimum absolute atomic E-state index is 0.0682. The Bertz CT molecular complexity index is 1220. The largest absolute Gasteiger partial charge is 0.321 e. The van der Waals surface area contributed by atoms with E-state index < -0.39 is 10.0 Å². The van der Waals surface area contributed by atoms with Crippen LogP contribution >= 0.6 is 11.3 Å². The Morgan fingerprint density at radius 3 is 2.63 bits per heavy atom. The molecule has 7 nitrogen and oxygen atoms in total. The first-order valence-corrected chi connectivity index (χ1v) is 11.7. The second-order valence-electron chi connectivity index (χ2n) is 6.80. The summed E-state index contributed by atoms with van der Waals surface area (Å²) in [7, 11) is -3.76. The fourth-order valence-corrected chi connectivity index (χ4v) is 5.11. The number of sulfonamides is 1. The lowest BCUT2D eigenvalue weighted by Gasteiger charge is -2.10. The predicted molar refractivity (Wildman–Crippen MR) is 119 cm³/mol. The molecule has 0 bridgehead atoms. The molecule has 4 rings (SSSR count). The van der Waals surface area contributed by atoms with E-state index in [-0.39, 0.29) is 10.8 Å². The molecule has 0 aliphatic carbocycles. The van der Waals surface area contributed by atoms with Gasteiger partial charge in [-0.3, -0.25) is 14.5 Å². The zero-order valence-electron chi connectivity index (χ0n) is 16.3. The van der Waals surface area contributed by atoms with Crippen molar-refractivity contribution in [2.75, 3.05) is 11.9 Å². The Hall–Kier alpha value is -3.04. The Kier molecular flexibility index (Phi) is 5.65. The van der Waals surface area contributed by atoms with Crippen LogP contribution in [0.2, 0.25) is 0 Å². The fourth-order valence-electron chi connectivity index (χ4n) is 3.14. The molecule has 0 unspecified atom stereocenters. The molecule has 2 heterocycles. The standard InChI is InChI=1S/C21H20N4O3S2/c1-14-23-19(15-7-3-2-4-8-15)20(29-14)21(26)24-16-9-5-10-17(13-16)30(27,28)25-18-11-6-12-22-18/h2-5,7-10,13H,6,11-12H2,1H3,(H,22,25)(H,24,26). The van der Waals surface area contributed by atoms with E-state index >= 15 is 0 Å². The van der Waals surface area contributed by atoms with Gasteiger partial charge in [0.1, 0.15) is 10.7 Å². The Labute approximate surface area is 179 Å². The third kappa shape index (κ3) is 4.42. The summed E-state index contributed by atoms with van der Waals surface area (Å²) in [5.74, 6) is 0.138. The molecular formula is C21H20N4O3S2. The number of aliphatic imine (C=N–C) groups is 1. The van der Waals surface area contributed by atoms with Crippen molar-refractivity contribution in [3.63, 3.8) is 0 Å². The van der Waals surface area contributed by atoms with Gasteiger partial charge in [0.25, 0.3) is 15.9 Å². The van der Waals surface area contributed by atoms with Crippen molar-refractivity contribution in [1.29, 1.82) is 0 Å². The van der Waals surface area contributed by atoms with Crippen LogP contribution in [0.3, 0.4) is 0 Å². The minimum atomic E-state index is -3.76. The summed E-state index contributed by atoms with van der Waals surface area (Å²) in [6.45, 7) is 2.48. The monoisotopic (exact) mass is 440 g/mol. The van der Waals surface area contributed by atoms with E-state index in [9.17, 15) is 13.2 Å². The Balaban J connectivity index is 1.57. The second-order valence-corrected chi connectivity index (χ2v) is 9.68. The van der Waals surface area contributed by atoms with Crippen LogP contribution in [0, 0.1) is 6.92 Å². The van der Waals surface area contributed by atoms with Gasteiger partial charge in [0, 0.05) is 24.2 Å². The van der Waals surface area contributed by atoms with Gasteiger partial charge in [0.05, 0.1) is 15.6 Å². The molecule has 2 aromatic carbocycles. The van der Waals surface area contributed by atoms with Gasteiger partial charge >= 0.3 is 0 Å². The van der Waals surface area contributed by atoms with Crippen molar-refractivity contribution >= 4 is 38.8 Å². The summed E-state index contributed by atoms with van der Waals surface area (Å²) in [5.41, 5.74) is 1.85. The quantitative estimate of drug-likeness (QED) is 0.629. The summed E-state index contributed by atoms with van der Waals surface area (Å²) in [6, 6.07) is 15.6. The van der Waals surface area contributed by atoms with Crippen molar-refractivity contribution in [2.24, 2.45) is 4.99 Å². The van der Waals surface area contributed by atoms with E-state index in [2.05, 4.69) is 20.0 Å². The molecule has 0 saturated carbocycles. The van der Waals surface area contributed by atoms with Gasteiger partial charge in [-0.15, -0.1) is 11.3 Å². The molecule has 1 amide bonds. The van der Waals surface area contributed by atoms with E-state index in [1.165, 1.54) is 23.5 Å². The van der Waals surface area contributed by atoms with Crippen molar-refractivity contribution in [3.05, 3.63) is 64.5 Å². The van der Waals surface area contributed by atoms with Crippen molar-refractivity contribution < 1.29 is 13.2 Å². The summed E-state index contributed by atoms with van der Waals surface area (Å²) in [5, 5.41) is 3.57. The van der Waals surface area contributed by atoms with Crippen LogP contribution in [0.5, 0.6) is 0 Å². The summed E-state index contributed by atoms with van der Waals surface area (Å²) >= 11 is 1.30. The number of carbonyl (C=O) groups is 1. The van der Waals surface area contributed by atoms with Crippen LogP contribution in [0.4, 0.5) is 5.69 Å². The molecular weight excluding hydrogens is 420 g/mol. The lowest BCUT2D eigenvalue weighted by molar-refractivity contribution is 0.103. The molecule has 1 aromatic heterocycles. The number of nitrogens with one attached hydrogen (secondary N) is 2. The maximum Gasteiger partial charge on any atom is 0.268 e. The first-order chi connectivity index (χ1) is 14.4. The zero-order chi connectivity index (χ0) is 21.1. The highest BCUT2D eigenvalue weighted by atomic mass is 32.2. The smallest absolute Gasteiger partial charge is 0.268 e. The number of aryl methyl sites for hydroxylation is 1. The molecule has 0 atom stereocenters. The maximum absolute atomic E-state index is 12.9. The van der Waals surface area contributed by atoms with E-state index in [1.807, 2.05) is 37.3 Å². The van der Waals surface area contributed by atoms with Crippen LogP contribution in [-0.4, -0.2) is 31.7 Å². The van der Waals surface area contributed by atoms with Crippen LogP contribution in [0.1, 0.15) is 27.5 Å². The van der Waals surface area contributed by atoms with Crippen molar-refractivity contribution in [1.82, 2.24) is 9.71 Å². The first-order valence-electron chi connectivity index (χ1n) is 9.43. The highest BCUT2D eigenvalue weighted by Crippen LogP contribution is 2.29. The Morgan fingerprint density at radius 1 is 1.10 bits per heavy atom. The summed E-state index contributed by atoms with van der Waals surface area (Å²) in [6.07, 6.45) is 1.45. The normalized spacial score (nSPS) is 13.7. The number of aromatic nitrogens is 1. The fraction of sp³-hybridized carbons (Fsp3) is 0.190. The average Bonchev–Trinajstić information content (AvgIpc) is 3.38. The van der Waals surface area contributed by atoms with Crippen LogP contribution in [0.15, 0.2) is 64.5 Å². The molecule has 0 radical (unpaired) electrons. The SMILES string of the molecule is Cc1nc(-c2ccccc2)c(C(=O)Nc2cccc(S(=O)(=O)NC3=NCCC3)c2)s1. The number of anilines is 1. The molecule has 1 aliphatic heterocycles. The number of nitrogens with zero attached hydrogens (tertiary/aromatic N) is 2. The van der Waals surface area contributed by atoms with Gasteiger partial charge in [-0.05, 0) is 31.5 Å². The van der Waals surface area contributed by atoms with Crippen molar-refractivity contribution in [2.45, 2.75) is 24.7 Å². The highest BCUT2D eigenvalue weighted by Gasteiger charge is 2.21. The van der Waals surface area contributed by atoms with Gasteiger partial charge in [-0.2, -0.15) is 0 Å². The lowest BCUT2D eigenvalue weighted by atomic mass is 10.1.